The Bertz CT molecular complexity index is 238. The van der Waals surface area contributed by atoms with Crippen molar-refractivity contribution in [2.75, 3.05) is 0 Å². The van der Waals surface area contributed by atoms with Gasteiger partial charge in [-0.3, -0.25) is 4.79 Å². The van der Waals surface area contributed by atoms with Crippen molar-refractivity contribution in [3.05, 3.63) is 29.8 Å². The van der Waals surface area contributed by atoms with Gasteiger partial charge in [-0.05, 0) is 6.92 Å². The number of hydrogen-bond acceptors (Lipinski definition) is 1. The summed E-state index contributed by atoms with van der Waals surface area (Å²) in [5.41, 5.74) is 0.752. The van der Waals surface area contributed by atoms with Crippen LogP contribution in [0.1, 0.15) is 17.3 Å². The lowest BCUT2D eigenvalue weighted by Gasteiger charge is -1.93. The van der Waals surface area contributed by atoms with Gasteiger partial charge >= 0.3 is 0 Å². The zero-order valence-electron chi connectivity index (χ0n) is 5.72. The molecule has 1 nitrogen and oxygen atoms in total. The molecule has 0 fully saturated rings. The highest BCUT2D eigenvalue weighted by atomic mass is 28.1. The first-order valence-corrected chi connectivity index (χ1v) is 3.53. The molecule has 0 aliphatic carbocycles. The monoisotopic (exact) mass is 147 g/mol. The Morgan fingerprint density at radius 3 is 2.20 bits per heavy atom. The average Bonchev–Trinajstić information content (AvgIpc) is 1.88. The second kappa shape index (κ2) is 2.79. The molecule has 1 aromatic rings. The van der Waals surface area contributed by atoms with Crippen molar-refractivity contribution >= 4 is 21.2 Å². The van der Waals surface area contributed by atoms with E-state index in [-0.39, 0.29) is 5.78 Å². The minimum Gasteiger partial charge on any atom is -0.295 e. The molecule has 0 amide bonds. The molecule has 0 saturated heterocycles. The van der Waals surface area contributed by atoms with Gasteiger partial charge in [-0.1, -0.05) is 29.5 Å². The molecule has 3 radical (unpaired) electrons. The van der Waals surface area contributed by atoms with E-state index in [2.05, 4.69) is 10.2 Å². The number of benzene rings is 1. The number of rotatable bonds is 1. The van der Waals surface area contributed by atoms with Crippen molar-refractivity contribution in [1.29, 1.82) is 0 Å². The zero-order valence-corrected chi connectivity index (χ0v) is 6.72. The van der Waals surface area contributed by atoms with Crippen molar-refractivity contribution in [3.63, 3.8) is 0 Å². The van der Waals surface area contributed by atoms with Crippen molar-refractivity contribution in [2.24, 2.45) is 0 Å². The zero-order chi connectivity index (χ0) is 7.56. The molecule has 0 aliphatic rings. The maximum Gasteiger partial charge on any atom is 0.159 e. The van der Waals surface area contributed by atoms with Gasteiger partial charge in [-0.2, -0.15) is 0 Å². The molecule has 2 heteroatoms. The molecule has 1 rings (SSSR count). The molecule has 49 valence electrons. The van der Waals surface area contributed by atoms with Crippen molar-refractivity contribution < 1.29 is 4.79 Å². The molecule has 0 aliphatic heterocycles. The van der Waals surface area contributed by atoms with Crippen LogP contribution in [0.5, 0.6) is 0 Å². The molecule has 0 atom stereocenters. The van der Waals surface area contributed by atoms with E-state index in [1.165, 1.54) is 0 Å². The summed E-state index contributed by atoms with van der Waals surface area (Å²) in [6, 6.07) is 7.30. The summed E-state index contributed by atoms with van der Waals surface area (Å²) in [5, 5.41) is 0.991. The fourth-order valence-electron chi connectivity index (χ4n) is 0.705. The van der Waals surface area contributed by atoms with E-state index < -0.39 is 0 Å². The lowest BCUT2D eigenvalue weighted by Crippen LogP contribution is -2.02. The first-order valence-electron chi connectivity index (χ1n) is 3.03. The normalized spacial score (nSPS) is 9.40. The van der Waals surface area contributed by atoms with Crippen molar-refractivity contribution in [2.45, 2.75) is 6.92 Å². The average molecular weight is 147 g/mol. The lowest BCUT2D eigenvalue weighted by atomic mass is 10.2. The van der Waals surface area contributed by atoms with Crippen molar-refractivity contribution in [3.8, 4) is 0 Å². The largest absolute Gasteiger partial charge is 0.295 e. The Morgan fingerprint density at radius 1 is 1.30 bits per heavy atom. The third-order valence-corrected chi connectivity index (χ3v) is 1.62. The van der Waals surface area contributed by atoms with Gasteiger partial charge in [0, 0.05) is 5.56 Å². The lowest BCUT2D eigenvalue weighted by molar-refractivity contribution is 0.101. The van der Waals surface area contributed by atoms with Crippen LogP contribution in [0.2, 0.25) is 0 Å². The van der Waals surface area contributed by atoms with Gasteiger partial charge in [0.15, 0.2) is 5.78 Å². The van der Waals surface area contributed by atoms with E-state index in [0.29, 0.717) is 0 Å². The highest BCUT2D eigenvalue weighted by Gasteiger charge is 1.95. The summed E-state index contributed by atoms with van der Waals surface area (Å²) >= 11 is 0. The standard InChI is InChI=1S/C8H7OSi/c1-6(9)7-2-4-8(10)5-3-7/h2-5H,1H3. The van der Waals surface area contributed by atoms with Gasteiger partial charge in [0.1, 0.15) is 0 Å². The number of hydrogen-bond donors (Lipinski definition) is 0. The van der Waals surface area contributed by atoms with Crippen LogP contribution in [-0.2, 0) is 0 Å². The fourth-order valence-corrected chi connectivity index (χ4v) is 0.872. The molecule has 0 spiro atoms. The van der Waals surface area contributed by atoms with Crippen LogP contribution in [0, 0.1) is 0 Å². The molecule has 0 aromatic heterocycles. The van der Waals surface area contributed by atoms with Crippen molar-refractivity contribution in [1.82, 2.24) is 0 Å². The Morgan fingerprint density at radius 2 is 1.80 bits per heavy atom. The van der Waals surface area contributed by atoms with Crippen LogP contribution in [0.3, 0.4) is 0 Å². The summed E-state index contributed by atoms with van der Waals surface area (Å²) in [4.78, 5) is 10.7. The smallest absolute Gasteiger partial charge is 0.159 e. The molecule has 0 bridgehead atoms. The molecule has 1 aromatic carbocycles. The van der Waals surface area contributed by atoms with E-state index in [1.807, 2.05) is 12.1 Å². The first-order chi connectivity index (χ1) is 4.70. The van der Waals surface area contributed by atoms with Gasteiger partial charge in [0.05, 0.1) is 10.2 Å². The van der Waals surface area contributed by atoms with E-state index in [0.717, 1.165) is 10.8 Å². The second-order valence-electron chi connectivity index (χ2n) is 2.13. The van der Waals surface area contributed by atoms with Gasteiger partial charge in [-0.25, -0.2) is 0 Å². The Hall–Kier alpha value is -0.893. The van der Waals surface area contributed by atoms with Crippen LogP contribution in [0.15, 0.2) is 24.3 Å². The predicted octanol–water partition coefficient (Wildman–Crippen LogP) is 0.683. The molecule has 0 N–H and O–H groups in total. The number of ketones is 1. The summed E-state index contributed by atoms with van der Waals surface area (Å²) < 4.78 is 0. The van der Waals surface area contributed by atoms with Crippen LogP contribution in [-0.4, -0.2) is 16.0 Å². The number of carbonyl (C=O) groups excluding carboxylic acids is 1. The topological polar surface area (TPSA) is 17.1 Å². The summed E-state index contributed by atoms with van der Waals surface area (Å²) in [5.74, 6) is 0.103. The molecule has 0 heterocycles. The Labute approximate surface area is 63.5 Å². The predicted molar refractivity (Wildman–Crippen MR) is 41.8 cm³/mol. The Balaban J connectivity index is 3.00. The minimum atomic E-state index is 0.103. The van der Waals surface area contributed by atoms with E-state index in [4.69, 9.17) is 0 Å². The summed E-state index contributed by atoms with van der Waals surface area (Å²) in [7, 11) is 3.33. The van der Waals surface area contributed by atoms with Gasteiger partial charge in [0.2, 0.25) is 0 Å². The van der Waals surface area contributed by atoms with Gasteiger partial charge in [0.25, 0.3) is 0 Å². The third-order valence-electron chi connectivity index (χ3n) is 1.29. The van der Waals surface area contributed by atoms with E-state index in [1.54, 1.807) is 19.1 Å². The Kier molecular flexibility index (Phi) is 2.02. The van der Waals surface area contributed by atoms with Crippen LogP contribution in [0.25, 0.3) is 0 Å². The maximum atomic E-state index is 10.7. The van der Waals surface area contributed by atoms with E-state index in [9.17, 15) is 4.79 Å². The number of carbonyl (C=O) groups is 1. The third kappa shape index (κ3) is 1.54. The molecule has 0 unspecified atom stereocenters. The highest BCUT2D eigenvalue weighted by Crippen LogP contribution is 1.96. The molecule has 0 saturated carbocycles. The molecular formula is C8H7OSi. The van der Waals surface area contributed by atoms with Crippen LogP contribution >= 0.6 is 0 Å². The summed E-state index contributed by atoms with van der Waals surface area (Å²) in [6.45, 7) is 1.56. The van der Waals surface area contributed by atoms with Gasteiger partial charge < -0.3 is 0 Å². The molecule has 10 heavy (non-hydrogen) atoms. The highest BCUT2D eigenvalue weighted by molar-refractivity contribution is 6.32. The quantitative estimate of drug-likeness (QED) is 0.422. The maximum absolute atomic E-state index is 10.7. The van der Waals surface area contributed by atoms with E-state index >= 15 is 0 Å². The van der Waals surface area contributed by atoms with Gasteiger partial charge in [-0.15, -0.1) is 0 Å². The number of Topliss-reactive ketones (excluding diaryl/α,β-unsaturated/α-hetero) is 1. The fraction of sp³-hybridized carbons (Fsp3) is 0.125. The molecular weight excluding hydrogens is 140 g/mol. The van der Waals surface area contributed by atoms with Crippen LogP contribution < -0.4 is 5.19 Å². The minimum absolute atomic E-state index is 0.103. The SMILES string of the molecule is CC(=O)c1ccc([Si])cc1. The van der Waals surface area contributed by atoms with Crippen LogP contribution in [0.4, 0.5) is 0 Å². The first kappa shape index (κ1) is 7.22. The second-order valence-corrected chi connectivity index (χ2v) is 2.71. The summed E-state index contributed by atoms with van der Waals surface area (Å²) in [6.07, 6.45) is 0.